The number of carboxylic acid groups (broad SMARTS) is 1. The van der Waals surface area contributed by atoms with E-state index >= 15 is 0 Å². The minimum Gasteiger partial charge on any atom is -0.480 e. The maximum absolute atomic E-state index is 11.6. The zero-order chi connectivity index (χ0) is 15.7. The van der Waals surface area contributed by atoms with Crippen LogP contribution in [0.15, 0.2) is 53.1 Å². The first-order valence-corrected chi connectivity index (χ1v) is 6.38. The van der Waals surface area contributed by atoms with Crippen LogP contribution >= 0.6 is 0 Å². The van der Waals surface area contributed by atoms with Gasteiger partial charge in [0, 0.05) is 5.39 Å². The number of furan rings is 1. The van der Waals surface area contributed by atoms with Gasteiger partial charge in [0.25, 0.3) is 0 Å². The van der Waals surface area contributed by atoms with E-state index in [0.29, 0.717) is 5.52 Å². The van der Waals surface area contributed by atoms with Crippen molar-refractivity contribution in [1.29, 1.82) is 0 Å². The third-order valence-electron chi connectivity index (χ3n) is 3.29. The quantitative estimate of drug-likeness (QED) is 0.586. The molecule has 7 heteroatoms. The summed E-state index contributed by atoms with van der Waals surface area (Å²) in [6.45, 7) is 0. The Morgan fingerprint density at radius 2 is 2.00 bits per heavy atom. The van der Waals surface area contributed by atoms with Crippen LogP contribution in [0, 0.1) is 10.1 Å². The number of hydrogen-bond acceptors (Lipinski definition) is 5. The van der Waals surface area contributed by atoms with Crippen LogP contribution in [0.1, 0.15) is 17.4 Å². The van der Waals surface area contributed by atoms with E-state index in [2.05, 4.69) is 4.98 Å². The van der Waals surface area contributed by atoms with Crippen molar-refractivity contribution >= 4 is 22.6 Å². The van der Waals surface area contributed by atoms with E-state index in [1.54, 1.807) is 18.2 Å². The first-order chi connectivity index (χ1) is 10.6. The number of carbonyl (C=O) groups is 1. The van der Waals surface area contributed by atoms with Gasteiger partial charge in [0.2, 0.25) is 5.76 Å². The summed E-state index contributed by atoms with van der Waals surface area (Å²) in [7, 11) is 0. The van der Waals surface area contributed by atoms with Gasteiger partial charge in [-0.15, -0.1) is 0 Å². The van der Waals surface area contributed by atoms with Gasteiger partial charge >= 0.3 is 11.7 Å². The van der Waals surface area contributed by atoms with E-state index in [0.717, 1.165) is 17.7 Å². The topological polar surface area (TPSA) is 106 Å². The predicted molar refractivity (Wildman–Crippen MR) is 76.6 cm³/mol. The lowest BCUT2D eigenvalue weighted by molar-refractivity contribution is -0.386. The van der Waals surface area contributed by atoms with Crippen molar-refractivity contribution in [3.63, 3.8) is 0 Å². The Morgan fingerprint density at radius 1 is 1.23 bits per heavy atom. The second-order valence-corrected chi connectivity index (χ2v) is 4.63. The number of rotatable bonds is 4. The van der Waals surface area contributed by atoms with Crippen LogP contribution < -0.4 is 0 Å². The minimum atomic E-state index is -1.33. The number of aromatic nitrogens is 1. The highest BCUT2D eigenvalue weighted by Crippen LogP contribution is 2.32. The second kappa shape index (κ2) is 5.28. The molecule has 0 aliphatic carbocycles. The lowest BCUT2D eigenvalue weighted by Crippen LogP contribution is -2.15. The first-order valence-electron chi connectivity index (χ1n) is 6.38. The maximum Gasteiger partial charge on any atom is 0.320 e. The molecule has 0 spiro atoms. The van der Waals surface area contributed by atoms with Gasteiger partial charge in [0.05, 0.1) is 28.5 Å². The Labute approximate surface area is 124 Å². The van der Waals surface area contributed by atoms with E-state index in [4.69, 9.17) is 4.42 Å². The molecule has 110 valence electrons. The van der Waals surface area contributed by atoms with Crippen LogP contribution in [-0.4, -0.2) is 21.0 Å². The molecule has 2 heterocycles. The van der Waals surface area contributed by atoms with Crippen molar-refractivity contribution < 1.29 is 19.2 Å². The molecule has 1 N–H and O–H groups in total. The molecular formula is C15H10N2O5. The first kappa shape index (κ1) is 13.7. The van der Waals surface area contributed by atoms with Crippen LogP contribution in [0.25, 0.3) is 10.9 Å². The van der Waals surface area contributed by atoms with Crippen molar-refractivity contribution in [3.8, 4) is 0 Å². The molecule has 3 aromatic rings. The number of aliphatic carboxylic acids is 1. The van der Waals surface area contributed by atoms with Crippen LogP contribution in [-0.2, 0) is 4.79 Å². The third kappa shape index (κ3) is 2.28. The number of hydrogen-bond donors (Lipinski definition) is 1. The number of pyridine rings is 1. The largest absolute Gasteiger partial charge is 0.480 e. The van der Waals surface area contributed by atoms with Crippen LogP contribution in [0.5, 0.6) is 0 Å². The summed E-state index contributed by atoms with van der Waals surface area (Å²) >= 11 is 0. The summed E-state index contributed by atoms with van der Waals surface area (Å²) in [5.41, 5.74) is 0.423. The van der Waals surface area contributed by atoms with Gasteiger partial charge in [-0.3, -0.25) is 19.9 Å². The Hall–Kier alpha value is -3.22. The molecule has 0 aliphatic rings. The Morgan fingerprint density at radius 3 is 2.73 bits per heavy atom. The molecule has 7 nitrogen and oxygen atoms in total. The maximum atomic E-state index is 11.6. The molecule has 0 radical (unpaired) electrons. The minimum absolute atomic E-state index is 0.184. The van der Waals surface area contributed by atoms with Crippen molar-refractivity contribution in [1.82, 2.24) is 4.98 Å². The van der Waals surface area contributed by atoms with Crippen molar-refractivity contribution in [2.75, 3.05) is 0 Å². The summed E-state index contributed by atoms with van der Waals surface area (Å²) < 4.78 is 5.05. The van der Waals surface area contributed by atoms with Gasteiger partial charge in [-0.05, 0) is 12.1 Å². The Balaban J connectivity index is 2.16. The second-order valence-electron chi connectivity index (χ2n) is 4.63. The van der Waals surface area contributed by atoms with Crippen molar-refractivity contribution in [2.45, 2.75) is 5.92 Å². The highest BCUT2D eigenvalue weighted by Gasteiger charge is 2.34. The summed E-state index contributed by atoms with van der Waals surface area (Å²) in [5.74, 6) is -2.83. The van der Waals surface area contributed by atoms with E-state index in [1.807, 2.05) is 12.1 Å². The van der Waals surface area contributed by atoms with Crippen LogP contribution in [0.3, 0.4) is 0 Å². The Bertz CT molecular complexity index is 871. The summed E-state index contributed by atoms with van der Waals surface area (Å²) in [6.07, 6.45) is 1.10. The fourth-order valence-electron chi connectivity index (χ4n) is 2.30. The zero-order valence-corrected chi connectivity index (χ0v) is 11.2. The third-order valence-corrected chi connectivity index (χ3v) is 3.29. The monoisotopic (exact) mass is 298 g/mol. The zero-order valence-electron chi connectivity index (χ0n) is 11.2. The molecule has 2 aromatic heterocycles. The molecular weight excluding hydrogens is 288 g/mol. The predicted octanol–water partition coefficient (Wildman–Crippen LogP) is 2.95. The summed E-state index contributed by atoms with van der Waals surface area (Å²) in [5, 5.41) is 21.3. The molecule has 1 aromatic carbocycles. The Kier molecular flexibility index (Phi) is 3.30. The molecule has 1 atom stereocenters. The molecule has 3 rings (SSSR count). The highest BCUT2D eigenvalue weighted by molar-refractivity contribution is 5.83. The van der Waals surface area contributed by atoms with Crippen molar-refractivity contribution in [2.24, 2.45) is 0 Å². The average Bonchev–Trinajstić information content (AvgIpc) is 2.96. The molecule has 0 saturated carbocycles. The van der Waals surface area contributed by atoms with E-state index in [1.165, 1.54) is 6.07 Å². The number of fused-ring (bicyclic) bond motifs is 1. The molecule has 1 unspecified atom stereocenters. The number of benzene rings is 1. The molecule has 22 heavy (non-hydrogen) atoms. The molecule has 0 saturated heterocycles. The average molecular weight is 298 g/mol. The van der Waals surface area contributed by atoms with Gasteiger partial charge in [0.15, 0.2) is 5.92 Å². The summed E-state index contributed by atoms with van der Waals surface area (Å²) in [4.78, 5) is 26.2. The van der Waals surface area contributed by atoms with Crippen LogP contribution in [0.2, 0.25) is 0 Å². The fourth-order valence-corrected chi connectivity index (χ4v) is 2.30. The fraction of sp³-hybridized carbons (Fsp3) is 0.0667. The lowest BCUT2D eigenvalue weighted by atomic mass is 10.00. The lowest BCUT2D eigenvalue weighted by Gasteiger charge is -2.10. The van der Waals surface area contributed by atoms with Gasteiger partial charge in [-0.1, -0.05) is 24.3 Å². The van der Waals surface area contributed by atoms with Gasteiger partial charge < -0.3 is 9.52 Å². The van der Waals surface area contributed by atoms with E-state index < -0.39 is 16.8 Å². The van der Waals surface area contributed by atoms with E-state index in [9.17, 15) is 20.0 Å². The number of nitrogens with zero attached hydrogens (tertiary/aromatic N) is 2. The number of carboxylic acids is 1. The van der Waals surface area contributed by atoms with E-state index in [-0.39, 0.29) is 17.1 Å². The standard InChI is InChI=1S/C15H10N2O5/c18-15(19)13(14-12(17(20)21)7-8-22-14)11-6-5-9-3-1-2-4-10(9)16-11/h1-8,13H,(H,18,19). The van der Waals surface area contributed by atoms with Crippen molar-refractivity contribution in [3.05, 3.63) is 70.3 Å². The normalized spacial score (nSPS) is 12.2. The summed E-state index contributed by atoms with van der Waals surface area (Å²) in [6, 6.07) is 11.6. The number of para-hydroxylation sites is 1. The smallest absolute Gasteiger partial charge is 0.320 e. The number of nitro groups is 1. The molecule has 0 amide bonds. The van der Waals surface area contributed by atoms with Gasteiger partial charge in [0.1, 0.15) is 0 Å². The van der Waals surface area contributed by atoms with Crippen LogP contribution in [0.4, 0.5) is 5.69 Å². The highest BCUT2D eigenvalue weighted by atomic mass is 16.6. The SMILES string of the molecule is O=C(O)C(c1ccc2ccccc2n1)c1occc1[N+](=O)[O-]. The van der Waals surface area contributed by atoms with Gasteiger partial charge in [-0.2, -0.15) is 0 Å². The van der Waals surface area contributed by atoms with Gasteiger partial charge in [-0.25, -0.2) is 0 Å². The molecule has 0 aliphatic heterocycles. The molecule has 0 fully saturated rings. The molecule has 0 bridgehead atoms.